The van der Waals surface area contributed by atoms with Crippen molar-refractivity contribution in [1.82, 2.24) is 9.97 Å². The molecule has 4 nitrogen and oxygen atoms in total. The zero-order valence-electron chi connectivity index (χ0n) is 14.2. The maximum atomic E-state index is 13.0. The van der Waals surface area contributed by atoms with Crippen molar-refractivity contribution in [1.29, 1.82) is 0 Å². The van der Waals surface area contributed by atoms with Crippen LogP contribution < -0.4 is 5.56 Å². The van der Waals surface area contributed by atoms with Gasteiger partial charge in [0.25, 0.3) is 5.56 Å². The third-order valence-corrected chi connectivity index (χ3v) is 6.67. The third kappa shape index (κ3) is 3.33. The van der Waals surface area contributed by atoms with E-state index in [1.165, 1.54) is 40.9 Å². The van der Waals surface area contributed by atoms with E-state index in [2.05, 4.69) is 16.9 Å². The predicted molar refractivity (Wildman–Crippen MR) is 103 cm³/mol. The third-order valence-electron chi connectivity index (χ3n) is 4.65. The maximum absolute atomic E-state index is 13.0. The van der Waals surface area contributed by atoms with Crippen molar-refractivity contribution in [2.24, 2.45) is 5.92 Å². The molecule has 2 heterocycles. The van der Waals surface area contributed by atoms with Crippen LogP contribution in [-0.2, 0) is 12.8 Å². The molecule has 2 aromatic heterocycles. The lowest BCUT2D eigenvalue weighted by molar-refractivity contribution is 0.102. The highest BCUT2D eigenvalue weighted by Gasteiger charge is 2.23. The van der Waals surface area contributed by atoms with Gasteiger partial charge in [0.15, 0.2) is 10.9 Å². The number of fused-ring (bicyclic) bond motifs is 3. The molecule has 0 fully saturated rings. The van der Waals surface area contributed by atoms with E-state index in [0.29, 0.717) is 22.0 Å². The van der Waals surface area contributed by atoms with Crippen molar-refractivity contribution in [3.05, 3.63) is 56.4 Å². The number of hydrogen-bond acceptors (Lipinski definition) is 5. The molecular weight excluding hydrogens is 371 g/mol. The normalized spacial score (nSPS) is 16.6. The average molecular weight is 388 g/mol. The Labute approximate surface area is 157 Å². The van der Waals surface area contributed by atoms with E-state index in [1.54, 1.807) is 11.3 Å². The second kappa shape index (κ2) is 6.96. The number of aromatic nitrogens is 2. The first-order valence-electron chi connectivity index (χ1n) is 8.47. The number of H-pyrrole nitrogens is 1. The molecule has 4 rings (SSSR count). The minimum atomic E-state index is -0.373. The van der Waals surface area contributed by atoms with Gasteiger partial charge in [-0.25, -0.2) is 9.37 Å². The lowest BCUT2D eigenvalue weighted by atomic mass is 9.89. The summed E-state index contributed by atoms with van der Waals surface area (Å²) in [5, 5.41) is 1.16. The molecule has 1 unspecified atom stereocenters. The highest BCUT2D eigenvalue weighted by molar-refractivity contribution is 7.99. The number of aromatic amines is 1. The van der Waals surface area contributed by atoms with Gasteiger partial charge in [-0.2, -0.15) is 0 Å². The molecule has 0 amide bonds. The van der Waals surface area contributed by atoms with Crippen molar-refractivity contribution in [2.45, 2.75) is 31.3 Å². The van der Waals surface area contributed by atoms with Crippen LogP contribution in [0.3, 0.4) is 0 Å². The smallest absolute Gasteiger partial charge is 0.260 e. The lowest BCUT2D eigenvalue weighted by Gasteiger charge is -2.17. The van der Waals surface area contributed by atoms with Crippen LogP contribution in [0.5, 0.6) is 0 Å². The number of thiophene rings is 1. The summed E-state index contributed by atoms with van der Waals surface area (Å²) in [6, 6.07) is 5.46. The van der Waals surface area contributed by atoms with Gasteiger partial charge >= 0.3 is 0 Å². The summed E-state index contributed by atoms with van der Waals surface area (Å²) >= 11 is 2.79. The standard InChI is InChI=1S/C19H17FN2O2S2/c1-10-2-7-13-15(8-10)26-18-16(13)17(24)21-19(22-18)25-9-14(23)11-3-5-12(20)6-4-11/h3-6,10H,2,7-9H2,1H3,(H,21,22,24). The zero-order valence-corrected chi connectivity index (χ0v) is 15.8. The Kier molecular flexibility index (Phi) is 4.67. The summed E-state index contributed by atoms with van der Waals surface area (Å²) in [5.41, 5.74) is 1.47. The molecule has 1 aromatic carbocycles. The number of nitrogens with zero attached hydrogens (tertiary/aromatic N) is 1. The van der Waals surface area contributed by atoms with Crippen LogP contribution in [0, 0.1) is 11.7 Å². The monoisotopic (exact) mass is 388 g/mol. The largest absolute Gasteiger partial charge is 0.301 e. The zero-order chi connectivity index (χ0) is 18.3. The van der Waals surface area contributed by atoms with Crippen molar-refractivity contribution in [3.63, 3.8) is 0 Å². The van der Waals surface area contributed by atoms with Crippen LogP contribution in [-0.4, -0.2) is 21.5 Å². The second-order valence-electron chi connectivity index (χ2n) is 6.62. The molecule has 0 saturated heterocycles. The van der Waals surface area contributed by atoms with E-state index in [9.17, 15) is 14.0 Å². The summed E-state index contributed by atoms with van der Waals surface area (Å²) in [6.45, 7) is 2.23. The molecule has 3 aromatic rings. The number of nitrogens with one attached hydrogen (secondary N) is 1. The quantitative estimate of drug-likeness (QED) is 0.413. The Bertz CT molecular complexity index is 1040. The highest BCUT2D eigenvalue weighted by atomic mass is 32.2. The van der Waals surface area contributed by atoms with E-state index in [0.717, 1.165) is 29.7 Å². The van der Waals surface area contributed by atoms with Crippen LogP contribution >= 0.6 is 23.1 Å². The topological polar surface area (TPSA) is 62.8 Å². The maximum Gasteiger partial charge on any atom is 0.260 e. The molecule has 0 aliphatic heterocycles. The van der Waals surface area contributed by atoms with Crippen LogP contribution in [0.4, 0.5) is 4.39 Å². The van der Waals surface area contributed by atoms with Crippen LogP contribution in [0.15, 0.2) is 34.2 Å². The Morgan fingerprint density at radius 1 is 1.38 bits per heavy atom. The van der Waals surface area contributed by atoms with Gasteiger partial charge in [0.1, 0.15) is 10.6 Å². The molecule has 0 saturated carbocycles. The van der Waals surface area contributed by atoms with Crippen molar-refractivity contribution < 1.29 is 9.18 Å². The number of benzene rings is 1. The van der Waals surface area contributed by atoms with Crippen LogP contribution in [0.1, 0.15) is 34.1 Å². The van der Waals surface area contributed by atoms with Crippen LogP contribution in [0.2, 0.25) is 0 Å². The van der Waals surface area contributed by atoms with Gasteiger partial charge in [-0.05, 0) is 55.0 Å². The molecule has 1 atom stereocenters. The van der Waals surface area contributed by atoms with Gasteiger partial charge in [-0.3, -0.25) is 9.59 Å². The van der Waals surface area contributed by atoms with Gasteiger partial charge in [0.05, 0.1) is 11.1 Å². The molecule has 0 bridgehead atoms. The number of ketones is 1. The average Bonchev–Trinajstić information content (AvgIpc) is 2.98. The van der Waals surface area contributed by atoms with E-state index in [1.807, 2.05) is 0 Å². The molecule has 7 heteroatoms. The minimum Gasteiger partial charge on any atom is -0.301 e. The molecule has 1 aliphatic carbocycles. The van der Waals surface area contributed by atoms with Gasteiger partial charge in [0, 0.05) is 10.4 Å². The summed E-state index contributed by atoms with van der Waals surface area (Å²) in [5.74, 6) is 0.276. The fourth-order valence-electron chi connectivity index (χ4n) is 3.25. The molecular formula is C19H17FN2O2S2. The Balaban J connectivity index is 1.57. The first kappa shape index (κ1) is 17.4. The fraction of sp³-hybridized carbons (Fsp3) is 0.316. The predicted octanol–water partition coefficient (Wildman–Crippen LogP) is 4.22. The molecule has 1 aliphatic rings. The number of rotatable bonds is 4. The molecule has 0 spiro atoms. The number of hydrogen-bond donors (Lipinski definition) is 1. The summed E-state index contributed by atoms with van der Waals surface area (Å²) < 4.78 is 13.0. The SMILES string of the molecule is CC1CCc2c(sc3nc(SCC(=O)c4ccc(F)cc4)[nH]c(=O)c23)C1. The number of carbonyl (C=O) groups excluding carboxylic acids is 1. The highest BCUT2D eigenvalue weighted by Crippen LogP contribution is 2.36. The van der Waals surface area contributed by atoms with E-state index >= 15 is 0 Å². The summed E-state index contributed by atoms with van der Waals surface area (Å²) in [6.07, 6.45) is 3.03. The fourth-order valence-corrected chi connectivity index (χ4v) is 5.45. The Morgan fingerprint density at radius 3 is 2.92 bits per heavy atom. The first-order valence-corrected chi connectivity index (χ1v) is 10.3. The number of thioether (sulfide) groups is 1. The van der Waals surface area contributed by atoms with Crippen molar-refractivity contribution in [2.75, 3.05) is 5.75 Å². The minimum absolute atomic E-state index is 0.126. The van der Waals surface area contributed by atoms with E-state index in [-0.39, 0.29) is 22.9 Å². The summed E-state index contributed by atoms with van der Waals surface area (Å²) in [7, 11) is 0. The Morgan fingerprint density at radius 2 is 2.15 bits per heavy atom. The molecule has 0 radical (unpaired) electrons. The van der Waals surface area contributed by atoms with Gasteiger partial charge < -0.3 is 4.98 Å². The van der Waals surface area contributed by atoms with E-state index in [4.69, 9.17) is 0 Å². The molecule has 26 heavy (non-hydrogen) atoms. The second-order valence-corrected chi connectivity index (χ2v) is 8.67. The molecule has 134 valence electrons. The van der Waals surface area contributed by atoms with Crippen molar-refractivity contribution >= 4 is 39.1 Å². The number of halogens is 1. The number of aryl methyl sites for hydroxylation is 1. The van der Waals surface area contributed by atoms with Gasteiger partial charge in [0.2, 0.25) is 0 Å². The first-order chi connectivity index (χ1) is 12.5. The molecule has 1 N–H and O–H groups in total. The number of Topliss-reactive ketones (excluding diaryl/α,β-unsaturated/α-hetero) is 1. The van der Waals surface area contributed by atoms with Crippen LogP contribution in [0.25, 0.3) is 10.2 Å². The lowest BCUT2D eigenvalue weighted by Crippen LogP contribution is -2.13. The Hall–Kier alpha value is -1.99. The van der Waals surface area contributed by atoms with Gasteiger partial charge in [-0.1, -0.05) is 18.7 Å². The van der Waals surface area contributed by atoms with Crippen molar-refractivity contribution in [3.8, 4) is 0 Å². The number of carbonyl (C=O) groups is 1. The van der Waals surface area contributed by atoms with E-state index < -0.39 is 0 Å². The van der Waals surface area contributed by atoms with Gasteiger partial charge in [-0.15, -0.1) is 11.3 Å². The summed E-state index contributed by atoms with van der Waals surface area (Å²) in [4.78, 5) is 34.1.